The monoisotopic (exact) mass is 405 g/mol. The molecule has 0 fully saturated rings. The van der Waals surface area contributed by atoms with E-state index in [1.54, 1.807) is 50.2 Å². The molecule has 1 unspecified atom stereocenters. The molecule has 7 nitrogen and oxygen atoms in total. The normalized spacial score (nSPS) is 14.2. The van der Waals surface area contributed by atoms with Gasteiger partial charge in [-0.2, -0.15) is 0 Å². The molecule has 0 aliphatic carbocycles. The molecular formula is C23H19NO6. The number of Topliss-reactive ketones (excluding diaryl/α,β-unsaturated/α-hetero) is 1. The largest absolute Gasteiger partial charge is 0.483 e. The van der Waals surface area contributed by atoms with Gasteiger partial charge >= 0.3 is 5.63 Å². The van der Waals surface area contributed by atoms with Crippen LogP contribution in [0.5, 0.6) is 5.75 Å². The zero-order valence-electron chi connectivity index (χ0n) is 16.7. The Hall–Kier alpha value is -3.74. The van der Waals surface area contributed by atoms with Gasteiger partial charge in [-0.3, -0.25) is 19.3 Å². The predicted molar refractivity (Wildman–Crippen MR) is 109 cm³/mol. The standard InChI is InChI=1S/C23H19NO6/c1-12-19(29-14(3)13(2)25)9-8-16-15(10-20(26)30-21(12)16)11-24-22(27)17-6-4-5-7-18(17)23(24)28/h4-10,14H,11H2,1-3H3. The van der Waals surface area contributed by atoms with Gasteiger partial charge in [0.2, 0.25) is 0 Å². The first-order valence-corrected chi connectivity index (χ1v) is 9.46. The van der Waals surface area contributed by atoms with Gasteiger partial charge in [0.05, 0.1) is 17.7 Å². The number of ether oxygens (including phenoxy) is 1. The minimum atomic E-state index is -0.644. The summed E-state index contributed by atoms with van der Waals surface area (Å²) in [6.45, 7) is 4.74. The smallest absolute Gasteiger partial charge is 0.336 e. The van der Waals surface area contributed by atoms with Crippen LogP contribution in [0.2, 0.25) is 0 Å². The minimum absolute atomic E-state index is 0.0576. The van der Waals surface area contributed by atoms with Crippen molar-refractivity contribution in [3.8, 4) is 5.75 Å². The fourth-order valence-corrected chi connectivity index (χ4v) is 3.49. The van der Waals surface area contributed by atoms with Crippen molar-refractivity contribution in [3.63, 3.8) is 0 Å². The number of carbonyl (C=O) groups is 3. The molecule has 2 aromatic carbocycles. The van der Waals surface area contributed by atoms with Crippen LogP contribution in [0.4, 0.5) is 0 Å². The molecule has 1 aromatic heterocycles. The van der Waals surface area contributed by atoms with Crippen LogP contribution in [-0.2, 0) is 11.3 Å². The van der Waals surface area contributed by atoms with E-state index in [4.69, 9.17) is 9.15 Å². The van der Waals surface area contributed by atoms with E-state index in [1.165, 1.54) is 13.0 Å². The molecule has 0 saturated heterocycles. The highest BCUT2D eigenvalue weighted by Crippen LogP contribution is 2.31. The second kappa shape index (κ2) is 7.26. The van der Waals surface area contributed by atoms with E-state index in [2.05, 4.69) is 0 Å². The van der Waals surface area contributed by atoms with Gasteiger partial charge in [0, 0.05) is 17.0 Å². The number of rotatable bonds is 5. The van der Waals surface area contributed by atoms with Gasteiger partial charge in [-0.05, 0) is 50.6 Å². The maximum atomic E-state index is 12.7. The van der Waals surface area contributed by atoms with Crippen molar-refractivity contribution < 1.29 is 23.5 Å². The molecule has 0 N–H and O–H groups in total. The second-order valence-electron chi connectivity index (χ2n) is 7.27. The molecule has 7 heteroatoms. The van der Waals surface area contributed by atoms with Crippen LogP contribution in [0.15, 0.2) is 51.7 Å². The topological polar surface area (TPSA) is 93.9 Å². The van der Waals surface area contributed by atoms with Crippen molar-refractivity contribution >= 4 is 28.6 Å². The van der Waals surface area contributed by atoms with Gasteiger partial charge in [0.1, 0.15) is 11.3 Å². The number of carbonyl (C=O) groups excluding carboxylic acids is 3. The Labute approximate surface area is 171 Å². The molecule has 0 spiro atoms. The second-order valence-corrected chi connectivity index (χ2v) is 7.27. The highest BCUT2D eigenvalue weighted by Gasteiger charge is 2.35. The van der Waals surface area contributed by atoms with E-state index in [0.29, 0.717) is 39.0 Å². The van der Waals surface area contributed by atoms with Crippen molar-refractivity contribution in [2.45, 2.75) is 33.4 Å². The van der Waals surface area contributed by atoms with E-state index in [9.17, 15) is 19.2 Å². The first-order chi connectivity index (χ1) is 14.3. The molecule has 0 saturated carbocycles. The van der Waals surface area contributed by atoms with E-state index in [1.807, 2.05) is 0 Å². The lowest BCUT2D eigenvalue weighted by atomic mass is 10.1. The number of nitrogens with zero attached hydrogens (tertiary/aromatic N) is 1. The van der Waals surface area contributed by atoms with Crippen molar-refractivity contribution in [2.75, 3.05) is 0 Å². The molecular weight excluding hydrogens is 386 g/mol. The molecule has 0 radical (unpaired) electrons. The number of amides is 2. The molecule has 1 aliphatic rings. The fourth-order valence-electron chi connectivity index (χ4n) is 3.49. The molecule has 3 aromatic rings. The summed E-state index contributed by atoms with van der Waals surface area (Å²) < 4.78 is 11.1. The molecule has 2 amide bonds. The maximum absolute atomic E-state index is 12.7. The zero-order chi connectivity index (χ0) is 21.6. The summed E-state index contributed by atoms with van der Waals surface area (Å²) in [5, 5.41) is 0.589. The average molecular weight is 405 g/mol. The Bertz CT molecular complexity index is 1240. The highest BCUT2D eigenvalue weighted by molar-refractivity contribution is 6.21. The van der Waals surface area contributed by atoms with Crippen LogP contribution in [0.3, 0.4) is 0 Å². The van der Waals surface area contributed by atoms with Gasteiger partial charge in [-0.15, -0.1) is 0 Å². The molecule has 2 heterocycles. The van der Waals surface area contributed by atoms with E-state index in [0.717, 1.165) is 4.90 Å². The van der Waals surface area contributed by atoms with Crippen LogP contribution < -0.4 is 10.4 Å². The van der Waals surface area contributed by atoms with Crippen molar-refractivity contribution in [2.24, 2.45) is 0 Å². The number of aryl methyl sites for hydroxylation is 1. The summed E-state index contributed by atoms with van der Waals surface area (Å²) in [7, 11) is 0. The van der Waals surface area contributed by atoms with Gasteiger partial charge < -0.3 is 9.15 Å². The maximum Gasteiger partial charge on any atom is 0.336 e. The first kappa shape index (κ1) is 19.6. The van der Waals surface area contributed by atoms with Gasteiger partial charge in [0.25, 0.3) is 11.8 Å². The Morgan fingerprint density at radius 2 is 1.70 bits per heavy atom. The number of imide groups is 1. The number of fused-ring (bicyclic) bond motifs is 2. The van der Waals surface area contributed by atoms with Crippen LogP contribution >= 0.6 is 0 Å². The third kappa shape index (κ3) is 3.18. The molecule has 4 rings (SSSR count). The molecule has 152 valence electrons. The van der Waals surface area contributed by atoms with Crippen molar-refractivity contribution in [1.82, 2.24) is 4.90 Å². The fraction of sp³-hybridized carbons (Fsp3) is 0.217. The summed E-state index contributed by atoms with van der Waals surface area (Å²) >= 11 is 0. The van der Waals surface area contributed by atoms with Gasteiger partial charge in [-0.25, -0.2) is 4.79 Å². The number of hydrogen-bond donors (Lipinski definition) is 0. The molecule has 0 bridgehead atoms. The summed E-state index contributed by atoms with van der Waals surface area (Å²) in [6.07, 6.45) is -0.644. The summed E-state index contributed by atoms with van der Waals surface area (Å²) in [4.78, 5) is 50.2. The Kier molecular flexibility index (Phi) is 4.73. The molecule has 1 aliphatic heterocycles. The Balaban J connectivity index is 1.75. The van der Waals surface area contributed by atoms with Gasteiger partial charge in [0.15, 0.2) is 11.9 Å². The lowest BCUT2D eigenvalue weighted by Gasteiger charge is -2.17. The van der Waals surface area contributed by atoms with Crippen molar-refractivity contribution in [1.29, 1.82) is 0 Å². The summed E-state index contributed by atoms with van der Waals surface area (Å²) in [5.41, 5.74) is 1.43. The zero-order valence-corrected chi connectivity index (χ0v) is 16.7. The average Bonchev–Trinajstić information content (AvgIpc) is 2.95. The summed E-state index contributed by atoms with van der Waals surface area (Å²) in [6, 6.07) is 11.3. The Morgan fingerprint density at radius 1 is 1.07 bits per heavy atom. The number of ketones is 1. The third-order valence-electron chi connectivity index (χ3n) is 5.28. The van der Waals surface area contributed by atoms with Crippen LogP contribution in [0, 0.1) is 6.92 Å². The van der Waals surface area contributed by atoms with Crippen molar-refractivity contribution in [3.05, 3.63) is 75.1 Å². The number of hydrogen-bond acceptors (Lipinski definition) is 6. The SMILES string of the molecule is CC(=O)C(C)Oc1ccc2c(CN3C(=O)c4ccccc4C3=O)cc(=O)oc2c1C. The number of benzene rings is 2. The first-order valence-electron chi connectivity index (χ1n) is 9.46. The van der Waals surface area contributed by atoms with Crippen LogP contribution in [0.1, 0.15) is 45.7 Å². The van der Waals surface area contributed by atoms with Crippen LogP contribution in [-0.4, -0.2) is 28.6 Å². The third-order valence-corrected chi connectivity index (χ3v) is 5.28. The lowest BCUT2D eigenvalue weighted by Crippen LogP contribution is -2.29. The highest BCUT2D eigenvalue weighted by atomic mass is 16.5. The summed E-state index contributed by atoms with van der Waals surface area (Å²) in [5.74, 6) is -0.505. The molecule has 30 heavy (non-hydrogen) atoms. The Morgan fingerprint density at radius 3 is 2.30 bits per heavy atom. The lowest BCUT2D eigenvalue weighted by molar-refractivity contribution is -0.122. The minimum Gasteiger partial charge on any atom is -0.483 e. The van der Waals surface area contributed by atoms with E-state index in [-0.39, 0.29) is 12.3 Å². The molecule has 1 atom stereocenters. The quantitative estimate of drug-likeness (QED) is 0.478. The van der Waals surface area contributed by atoms with Crippen LogP contribution in [0.25, 0.3) is 11.0 Å². The predicted octanol–water partition coefficient (Wildman–Crippen LogP) is 3.25. The van der Waals surface area contributed by atoms with Gasteiger partial charge in [-0.1, -0.05) is 12.1 Å². The van der Waals surface area contributed by atoms with E-state index < -0.39 is 23.5 Å². The van der Waals surface area contributed by atoms with E-state index >= 15 is 0 Å².